The normalized spacial score (nSPS) is 19.6. The molecule has 0 bridgehead atoms. The van der Waals surface area contributed by atoms with Crippen molar-refractivity contribution in [3.63, 3.8) is 0 Å². The maximum atomic E-state index is 5.73. The summed E-state index contributed by atoms with van der Waals surface area (Å²) in [5, 5.41) is 0. The van der Waals surface area contributed by atoms with Crippen molar-refractivity contribution in [1.29, 1.82) is 0 Å². The molecule has 0 aromatic heterocycles. The van der Waals surface area contributed by atoms with Gasteiger partial charge in [0, 0.05) is 26.1 Å². The molecule has 0 spiro atoms. The minimum atomic E-state index is -2.30. The topological polar surface area (TPSA) is 36.9 Å². The summed E-state index contributed by atoms with van der Waals surface area (Å²) in [5.74, 6) is 0.510. The van der Waals surface area contributed by atoms with Crippen molar-refractivity contribution in [3.8, 4) is 0 Å². The lowest BCUT2D eigenvalue weighted by atomic mass is 10.8. The molecule has 0 saturated heterocycles. The van der Waals surface area contributed by atoms with Crippen LogP contribution in [0.15, 0.2) is 0 Å². The van der Waals surface area contributed by atoms with Gasteiger partial charge in [0.05, 0.1) is 0 Å². The van der Waals surface area contributed by atoms with Crippen molar-refractivity contribution in [1.82, 2.24) is 0 Å². The average Bonchev–Trinajstić information content (AvgIpc) is 2.17. The molecule has 0 aliphatic carbocycles. The third-order valence-corrected chi connectivity index (χ3v) is 5.37. The van der Waals surface area contributed by atoms with E-state index >= 15 is 0 Å². The van der Waals surface area contributed by atoms with E-state index in [-0.39, 0.29) is 12.6 Å². The molecule has 0 amide bonds. The molecule has 0 fully saturated rings. The van der Waals surface area contributed by atoms with Crippen LogP contribution in [0.1, 0.15) is 13.8 Å². The van der Waals surface area contributed by atoms with Gasteiger partial charge < -0.3 is 18.3 Å². The zero-order valence-electron chi connectivity index (χ0n) is 10.1. The molecule has 92 valence electrons. The fourth-order valence-electron chi connectivity index (χ4n) is 1.12. The van der Waals surface area contributed by atoms with Crippen LogP contribution in [0.2, 0.25) is 12.6 Å². The fraction of sp³-hybridized carbons (Fsp3) is 1.00. The minimum absolute atomic E-state index is 0.283. The van der Waals surface area contributed by atoms with Crippen molar-refractivity contribution in [2.45, 2.75) is 39.0 Å². The molecule has 15 heavy (non-hydrogen) atoms. The minimum Gasteiger partial charge on any atom is -0.368 e. The Hall–Kier alpha value is 0.347. The second-order valence-corrected chi connectivity index (χ2v) is 7.03. The molecule has 4 nitrogen and oxygen atoms in total. The van der Waals surface area contributed by atoms with Crippen molar-refractivity contribution >= 4 is 20.2 Å². The monoisotopic (exact) mass is 256 g/mol. The van der Waals surface area contributed by atoms with E-state index in [0.29, 0.717) is 11.9 Å². The molecular weight excluding hydrogens is 236 g/mol. The van der Waals surface area contributed by atoms with Crippen molar-refractivity contribution in [3.05, 3.63) is 0 Å². The number of methoxy groups -OCH3 is 2. The number of halogens is 1. The van der Waals surface area contributed by atoms with Crippen LogP contribution in [0.25, 0.3) is 0 Å². The lowest BCUT2D eigenvalue weighted by Gasteiger charge is -2.31. The van der Waals surface area contributed by atoms with E-state index in [0.717, 1.165) is 0 Å². The first-order chi connectivity index (χ1) is 6.97. The van der Waals surface area contributed by atoms with Crippen LogP contribution < -0.4 is 0 Å². The second-order valence-electron chi connectivity index (χ2n) is 3.42. The summed E-state index contributed by atoms with van der Waals surface area (Å²) in [4.78, 5) is 0. The summed E-state index contributed by atoms with van der Waals surface area (Å²) in [5.41, 5.74) is 0. The molecule has 0 saturated carbocycles. The molecule has 0 aliphatic heterocycles. The van der Waals surface area contributed by atoms with Gasteiger partial charge in [-0.1, -0.05) is 0 Å². The van der Waals surface area contributed by atoms with Gasteiger partial charge in [-0.05, 0) is 20.4 Å². The Bertz CT molecular complexity index is 158. The predicted molar refractivity (Wildman–Crippen MR) is 62.3 cm³/mol. The predicted octanol–water partition coefficient (Wildman–Crippen LogP) is 2.32. The summed E-state index contributed by atoms with van der Waals surface area (Å²) in [6.45, 7) is 5.63. The lowest BCUT2D eigenvalue weighted by Crippen LogP contribution is -2.45. The zero-order valence-corrected chi connectivity index (χ0v) is 11.8. The molecule has 0 radical (unpaired) electrons. The quantitative estimate of drug-likeness (QED) is 0.379. The molecule has 0 aromatic carbocycles. The van der Waals surface area contributed by atoms with Gasteiger partial charge in [-0.3, -0.25) is 0 Å². The summed E-state index contributed by atoms with van der Waals surface area (Å²) >= 11 is 5.73. The Kier molecular flexibility index (Phi) is 7.77. The van der Waals surface area contributed by atoms with Crippen LogP contribution in [0.3, 0.4) is 0 Å². The van der Waals surface area contributed by atoms with Crippen molar-refractivity contribution in [2.75, 3.05) is 20.1 Å². The second kappa shape index (κ2) is 7.59. The molecule has 6 heteroatoms. The van der Waals surface area contributed by atoms with Gasteiger partial charge in [-0.25, -0.2) is 0 Å². The first-order valence-corrected chi connectivity index (χ1v) is 8.00. The van der Waals surface area contributed by atoms with Gasteiger partial charge in [0.25, 0.3) is 0 Å². The highest BCUT2D eigenvalue weighted by atomic mass is 35.5. The average molecular weight is 257 g/mol. The summed E-state index contributed by atoms with van der Waals surface area (Å²) in [6, 6.07) is 0.704. The maximum absolute atomic E-state index is 5.73. The Labute approximate surface area is 98.0 Å². The molecule has 0 heterocycles. The fourth-order valence-corrected chi connectivity index (χ4v) is 4.38. The first-order valence-electron chi connectivity index (χ1n) is 4.94. The number of alkyl halides is 1. The summed E-state index contributed by atoms with van der Waals surface area (Å²) in [6.07, 6.45) is -0.567. The van der Waals surface area contributed by atoms with Crippen LogP contribution in [-0.4, -0.2) is 41.2 Å². The smallest absolute Gasteiger partial charge is 0.339 e. The maximum Gasteiger partial charge on any atom is 0.339 e. The highest BCUT2D eigenvalue weighted by Crippen LogP contribution is 2.19. The molecule has 0 rings (SSSR count). The number of hydrogen-bond acceptors (Lipinski definition) is 4. The summed E-state index contributed by atoms with van der Waals surface area (Å²) in [7, 11) is 0.895. The van der Waals surface area contributed by atoms with E-state index in [9.17, 15) is 0 Å². The zero-order chi connectivity index (χ0) is 11.9. The van der Waals surface area contributed by atoms with E-state index in [1.807, 2.05) is 20.4 Å². The third-order valence-electron chi connectivity index (χ3n) is 2.04. The van der Waals surface area contributed by atoms with Crippen LogP contribution in [0.5, 0.6) is 0 Å². The molecule has 0 N–H and O–H groups in total. The third kappa shape index (κ3) is 6.50. The van der Waals surface area contributed by atoms with Crippen molar-refractivity contribution < 1.29 is 18.3 Å². The Morgan fingerprint density at radius 2 is 1.47 bits per heavy atom. The van der Waals surface area contributed by atoms with Gasteiger partial charge in [0.1, 0.15) is 12.6 Å². The Balaban J connectivity index is 4.29. The SMILES string of the molecule is COC(C)O[Si](C)(CCCl)OC(C)OC. The van der Waals surface area contributed by atoms with Gasteiger partial charge >= 0.3 is 8.56 Å². The highest BCUT2D eigenvalue weighted by Gasteiger charge is 2.35. The van der Waals surface area contributed by atoms with Gasteiger partial charge in [-0.15, -0.1) is 11.6 Å². The largest absolute Gasteiger partial charge is 0.368 e. The van der Waals surface area contributed by atoms with Gasteiger partial charge in [-0.2, -0.15) is 0 Å². The van der Waals surface area contributed by atoms with Crippen LogP contribution in [0.4, 0.5) is 0 Å². The summed E-state index contributed by atoms with van der Waals surface area (Å²) < 4.78 is 21.6. The van der Waals surface area contributed by atoms with E-state index < -0.39 is 8.56 Å². The van der Waals surface area contributed by atoms with E-state index in [1.54, 1.807) is 14.2 Å². The Morgan fingerprint density at radius 3 is 1.73 bits per heavy atom. The van der Waals surface area contributed by atoms with Crippen LogP contribution >= 0.6 is 11.6 Å². The van der Waals surface area contributed by atoms with E-state index in [2.05, 4.69) is 0 Å². The molecule has 0 aromatic rings. The lowest BCUT2D eigenvalue weighted by molar-refractivity contribution is -0.102. The highest BCUT2D eigenvalue weighted by molar-refractivity contribution is 6.66. The molecule has 2 unspecified atom stereocenters. The number of hydrogen-bond donors (Lipinski definition) is 0. The molecule has 0 aliphatic rings. The number of rotatable bonds is 8. The molecular formula is C9H21ClO4Si. The van der Waals surface area contributed by atoms with Gasteiger partial charge in [0.15, 0.2) is 0 Å². The first kappa shape index (κ1) is 15.3. The molecule has 2 atom stereocenters. The van der Waals surface area contributed by atoms with E-state index in [1.165, 1.54) is 0 Å². The van der Waals surface area contributed by atoms with Crippen LogP contribution in [-0.2, 0) is 18.3 Å². The van der Waals surface area contributed by atoms with Gasteiger partial charge in [0.2, 0.25) is 0 Å². The number of ether oxygens (including phenoxy) is 2. The van der Waals surface area contributed by atoms with E-state index in [4.69, 9.17) is 29.9 Å². The van der Waals surface area contributed by atoms with Crippen LogP contribution in [0, 0.1) is 0 Å². The van der Waals surface area contributed by atoms with Crippen molar-refractivity contribution in [2.24, 2.45) is 0 Å². The standard InChI is InChI=1S/C9H21ClO4Si/c1-8(11-3)13-15(5,7-6-10)14-9(2)12-4/h8-9H,6-7H2,1-5H3. The Morgan fingerprint density at radius 1 is 1.07 bits per heavy atom.